The highest BCUT2D eigenvalue weighted by atomic mass is 16.3. The number of nitrogens with zero attached hydrogens (tertiary/aromatic N) is 1. The standard InChI is InChI=1S/C16H22N2O/c1-16(2,12-19)11-17-10-8-14-6-3-5-13-7-4-9-18-15(13)14/h3-7,9,17,19H,8,10-12H2,1-2H3. The molecule has 2 aromatic rings. The molecule has 0 aliphatic carbocycles. The van der Waals surface area contributed by atoms with E-state index in [-0.39, 0.29) is 12.0 Å². The van der Waals surface area contributed by atoms with Gasteiger partial charge in [0, 0.05) is 30.1 Å². The van der Waals surface area contributed by atoms with Crippen LogP contribution in [0.15, 0.2) is 36.5 Å². The second-order valence-electron chi connectivity index (χ2n) is 5.74. The average molecular weight is 258 g/mol. The van der Waals surface area contributed by atoms with Crippen LogP contribution in [-0.2, 0) is 6.42 Å². The number of rotatable bonds is 6. The van der Waals surface area contributed by atoms with Crippen molar-refractivity contribution in [1.82, 2.24) is 10.3 Å². The van der Waals surface area contributed by atoms with Gasteiger partial charge in [-0.15, -0.1) is 0 Å². The Morgan fingerprint density at radius 1 is 1.21 bits per heavy atom. The highest BCUT2D eigenvalue weighted by Crippen LogP contribution is 2.16. The first-order chi connectivity index (χ1) is 9.12. The summed E-state index contributed by atoms with van der Waals surface area (Å²) in [6, 6.07) is 10.4. The molecule has 1 heterocycles. The Morgan fingerprint density at radius 2 is 2.00 bits per heavy atom. The lowest BCUT2D eigenvalue weighted by Gasteiger charge is -2.21. The van der Waals surface area contributed by atoms with Gasteiger partial charge in [0.2, 0.25) is 0 Å². The fourth-order valence-electron chi connectivity index (χ4n) is 2.07. The van der Waals surface area contributed by atoms with E-state index in [0.29, 0.717) is 0 Å². The van der Waals surface area contributed by atoms with Crippen molar-refractivity contribution in [1.29, 1.82) is 0 Å². The summed E-state index contributed by atoms with van der Waals surface area (Å²) in [5, 5.41) is 13.8. The molecule has 0 saturated carbocycles. The molecule has 2 rings (SSSR count). The van der Waals surface area contributed by atoms with Crippen LogP contribution in [0.4, 0.5) is 0 Å². The summed E-state index contributed by atoms with van der Waals surface area (Å²) in [7, 11) is 0. The zero-order valence-electron chi connectivity index (χ0n) is 11.7. The number of nitrogens with one attached hydrogen (secondary N) is 1. The van der Waals surface area contributed by atoms with Crippen molar-refractivity contribution in [3.05, 3.63) is 42.1 Å². The molecule has 0 radical (unpaired) electrons. The summed E-state index contributed by atoms with van der Waals surface area (Å²) in [5.41, 5.74) is 2.30. The van der Waals surface area contributed by atoms with Crippen LogP contribution in [0.2, 0.25) is 0 Å². The summed E-state index contributed by atoms with van der Waals surface area (Å²) in [4.78, 5) is 4.46. The van der Waals surface area contributed by atoms with Gasteiger partial charge in [-0.05, 0) is 24.6 Å². The molecule has 0 unspecified atom stereocenters. The maximum absolute atomic E-state index is 9.20. The van der Waals surface area contributed by atoms with Gasteiger partial charge in [-0.3, -0.25) is 4.98 Å². The molecule has 1 aromatic carbocycles. The molecule has 0 atom stereocenters. The minimum Gasteiger partial charge on any atom is -0.396 e. The Hall–Kier alpha value is -1.45. The molecule has 19 heavy (non-hydrogen) atoms. The fraction of sp³-hybridized carbons (Fsp3) is 0.438. The Balaban J connectivity index is 1.95. The van der Waals surface area contributed by atoms with E-state index >= 15 is 0 Å². The monoisotopic (exact) mass is 258 g/mol. The predicted molar refractivity (Wildman–Crippen MR) is 79.2 cm³/mol. The molecular formula is C16H22N2O. The van der Waals surface area contributed by atoms with E-state index in [4.69, 9.17) is 0 Å². The average Bonchev–Trinajstić information content (AvgIpc) is 2.44. The van der Waals surface area contributed by atoms with Crippen molar-refractivity contribution in [2.75, 3.05) is 19.7 Å². The molecule has 2 N–H and O–H groups in total. The zero-order chi connectivity index (χ0) is 13.7. The number of aliphatic hydroxyl groups is 1. The number of benzene rings is 1. The van der Waals surface area contributed by atoms with Crippen LogP contribution in [0.1, 0.15) is 19.4 Å². The minimum atomic E-state index is -0.0585. The number of hydrogen-bond acceptors (Lipinski definition) is 3. The van der Waals surface area contributed by atoms with E-state index in [1.807, 2.05) is 12.3 Å². The van der Waals surface area contributed by atoms with Crippen LogP contribution in [0, 0.1) is 5.41 Å². The molecule has 0 bridgehead atoms. The smallest absolute Gasteiger partial charge is 0.0734 e. The number of hydrogen-bond donors (Lipinski definition) is 2. The molecular weight excluding hydrogens is 236 g/mol. The van der Waals surface area contributed by atoms with Crippen molar-refractivity contribution >= 4 is 10.9 Å². The first-order valence-electron chi connectivity index (χ1n) is 6.77. The largest absolute Gasteiger partial charge is 0.396 e. The van der Waals surface area contributed by atoms with Crippen molar-refractivity contribution in [2.45, 2.75) is 20.3 Å². The van der Waals surface area contributed by atoms with Gasteiger partial charge >= 0.3 is 0 Å². The van der Waals surface area contributed by atoms with Gasteiger partial charge in [-0.25, -0.2) is 0 Å². The van der Waals surface area contributed by atoms with Crippen molar-refractivity contribution in [3.63, 3.8) is 0 Å². The highest BCUT2D eigenvalue weighted by molar-refractivity contribution is 5.81. The highest BCUT2D eigenvalue weighted by Gasteiger charge is 2.15. The van der Waals surface area contributed by atoms with Crippen molar-refractivity contribution in [3.8, 4) is 0 Å². The third-order valence-corrected chi connectivity index (χ3v) is 3.32. The van der Waals surface area contributed by atoms with E-state index in [2.05, 4.69) is 48.4 Å². The van der Waals surface area contributed by atoms with Crippen LogP contribution >= 0.6 is 0 Å². The van der Waals surface area contributed by atoms with E-state index in [1.54, 1.807) is 0 Å². The number of aliphatic hydroxyl groups excluding tert-OH is 1. The second kappa shape index (κ2) is 6.13. The van der Waals surface area contributed by atoms with Crippen LogP contribution in [0.3, 0.4) is 0 Å². The summed E-state index contributed by atoms with van der Waals surface area (Å²) < 4.78 is 0. The van der Waals surface area contributed by atoms with Gasteiger partial charge in [0.05, 0.1) is 5.52 Å². The zero-order valence-corrected chi connectivity index (χ0v) is 11.7. The molecule has 0 amide bonds. The summed E-state index contributed by atoms with van der Waals surface area (Å²) in [6.45, 7) is 6.04. The lowest BCUT2D eigenvalue weighted by molar-refractivity contribution is 0.157. The topological polar surface area (TPSA) is 45.1 Å². The van der Waals surface area contributed by atoms with Gasteiger partial charge in [-0.1, -0.05) is 38.1 Å². The molecule has 3 nitrogen and oxygen atoms in total. The van der Waals surface area contributed by atoms with Gasteiger partial charge in [0.15, 0.2) is 0 Å². The molecule has 3 heteroatoms. The van der Waals surface area contributed by atoms with Crippen LogP contribution < -0.4 is 5.32 Å². The lowest BCUT2D eigenvalue weighted by atomic mass is 9.95. The third kappa shape index (κ3) is 3.75. The van der Waals surface area contributed by atoms with Crippen molar-refractivity contribution < 1.29 is 5.11 Å². The van der Waals surface area contributed by atoms with Crippen molar-refractivity contribution in [2.24, 2.45) is 5.41 Å². The summed E-state index contributed by atoms with van der Waals surface area (Å²) >= 11 is 0. The van der Waals surface area contributed by atoms with E-state index in [9.17, 15) is 5.11 Å². The fourth-order valence-corrected chi connectivity index (χ4v) is 2.07. The number of aromatic nitrogens is 1. The Kier molecular flexibility index (Phi) is 4.51. The number of pyridine rings is 1. The van der Waals surface area contributed by atoms with Gasteiger partial charge in [-0.2, -0.15) is 0 Å². The molecule has 0 saturated heterocycles. The molecule has 102 valence electrons. The third-order valence-electron chi connectivity index (χ3n) is 3.32. The minimum absolute atomic E-state index is 0.0585. The Morgan fingerprint density at radius 3 is 2.79 bits per heavy atom. The van der Waals surface area contributed by atoms with Gasteiger partial charge < -0.3 is 10.4 Å². The summed E-state index contributed by atoms with van der Waals surface area (Å²) in [5.74, 6) is 0. The lowest BCUT2D eigenvalue weighted by Crippen LogP contribution is -2.33. The maximum Gasteiger partial charge on any atom is 0.0734 e. The van der Waals surface area contributed by atoms with E-state index in [1.165, 1.54) is 10.9 Å². The molecule has 1 aromatic heterocycles. The second-order valence-corrected chi connectivity index (χ2v) is 5.74. The first kappa shape index (κ1) is 14.0. The normalized spacial score (nSPS) is 11.9. The molecule has 0 spiro atoms. The van der Waals surface area contributed by atoms with Crippen LogP contribution in [-0.4, -0.2) is 29.8 Å². The Labute approximate surface area is 114 Å². The maximum atomic E-state index is 9.20. The molecule has 0 aliphatic rings. The number of fused-ring (bicyclic) bond motifs is 1. The quantitative estimate of drug-likeness (QED) is 0.782. The first-order valence-corrected chi connectivity index (χ1v) is 6.77. The SMILES string of the molecule is CC(C)(CO)CNCCc1cccc2cccnc12. The summed E-state index contributed by atoms with van der Waals surface area (Å²) in [6.07, 6.45) is 2.80. The Bertz CT molecular complexity index is 532. The number of para-hydroxylation sites is 1. The predicted octanol–water partition coefficient (Wildman–Crippen LogP) is 2.39. The molecule has 0 fully saturated rings. The van der Waals surface area contributed by atoms with E-state index < -0.39 is 0 Å². The van der Waals surface area contributed by atoms with Gasteiger partial charge in [0.25, 0.3) is 0 Å². The van der Waals surface area contributed by atoms with Crippen LogP contribution in [0.5, 0.6) is 0 Å². The van der Waals surface area contributed by atoms with Crippen LogP contribution in [0.25, 0.3) is 10.9 Å². The van der Waals surface area contributed by atoms with E-state index in [0.717, 1.165) is 25.0 Å². The van der Waals surface area contributed by atoms with Gasteiger partial charge in [0.1, 0.15) is 0 Å². The molecule has 0 aliphatic heterocycles.